The third kappa shape index (κ3) is 2.41. The third-order valence-corrected chi connectivity index (χ3v) is 2.96. The second-order valence-electron chi connectivity index (χ2n) is 4.11. The summed E-state index contributed by atoms with van der Waals surface area (Å²) in [7, 11) is 0. The fourth-order valence-corrected chi connectivity index (χ4v) is 1.92. The van der Waals surface area contributed by atoms with Crippen LogP contribution in [0.5, 0.6) is 5.75 Å². The number of hydrogen-bond acceptors (Lipinski definition) is 2. The number of aromatic hydroxyl groups is 1. The van der Waals surface area contributed by atoms with E-state index in [1.54, 1.807) is 0 Å². The Morgan fingerprint density at radius 3 is 2.80 bits per heavy atom. The minimum absolute atomic E-state index is 0.270. The monoisotopic (exact) mass is 229 g/mol. The summed E-state index contributed by atoms with van der Waals surface area (Å²) in [6.45, 7) is 0. The lowest BCUT2D eigenvalue weighted by Gasteiger charge is -2.13. The highest BCUT2D eigenvalue weighted by atomic mass is 35.5. The molecule has 0 aromatic heterocycles. The molecule has 1 aromatic carbocycles. The smallest absolute Gasteiger partial charge is 0.166 e. The Morgan fingerprint density at radius 1 is 1.53 bits per heavy atom. The molecule has 0 spiro atoms. The van der Waals surface area contributed by atoms with Crippen molar-refractivity contribution in [3.63, 3.8) is 0 Å². The molecule has 0 bridgehead atoms. The zero-order valence-electron chi connectivity index (χ0n) is 8.21. The lowest BCUT2D eigenvalue weighted by Crippen LogP contribution is -2.11. The number of halogens is 2. The standard InChI is InChI=1S/C11H13ClFNO/c12-7-4-8(11(15)9(13)5-7)10(14)3-6-1-2-6/h4-6,10,15H,1-3,14H2/t10-/m1/s1. The minimum atomic E-state index is -0.705. The van der Waals surface area contributed by atoms with E-state index >= 15 is 0 Å². The summed E-state index contributed by atoms with van der Waals surface area (Å²) in [5.41, 5.74) is 6.30. The fourth-order valence-electron chi connectivity index (χ4n) is 1.71. The molecule has 2 nitrogen and oxygen atoms in total. The molecule has 1 aromatic rings. The van der Waals surface area contributed by atoms with Crippen molar-refractivity contribution in [3.8, 4) is 5.75 Å². The molecule has 1 aliphatic rings. The Kier molecular flexibility index (Phi) is 2.85. The van der Waals surface area contributed by atoms with Crippen LogP contribution in [0.15, 0.2) is 12.1 Å². The molecule has 1 fully saturated rings. The van der Waals surface area contributed by atoms with E-state index in [1.807, 2.05) is 0 Å². The predicted molar refractivity (Wildman–Crippen MR) is 57.3 cm³/mol. The van der Waals surface area contributed by atoms with E-state index in [2.05, 4.69) is 0 Å². The molecule has 15 heavy (non-hydrogen) atoms. The molecule has 3 N–H and O–H groups in total. The largest absolute Gasteiger partial charge is 0.505 e. The van der Waals surface area contributed by atoms with Crippen LogP contribution in [0.1, 0.15) is 30.9 Å². The maximum absolute atomic E-state index is 13.2. The van der Waals surface area contributed by atoms with E-state index in [0.29, 0.717) is 11.5 Å². The van der Waals surface area contributed by atoms with Gasteiger partial charge in [0.05, 0.1) is 0 Å². The number of nitrogens with two attached hydrogens (primary N) is 1. The summed E-state index contributed by atoms with van der Waals surface area (Å²) in [5.74, 6) is -0.447. The summed E-state index contributed by atoms with van der Waals surface area (Å²) >= 11 is 5.71. The third-order valence-electron chi connectivity index (χ3n) is 2.74. The van der Waals surface area contributed by atoms with Gasteiger partial charge in [-0.3, -0.25) is 0 Å². The average Bonchev–Trinajstić information content (AvgIpc) is 2.94. The van der Waals surface area contributed by atoms with Crippen molar-refractivity contribution in [2.24, 2.45) is 11.7 Å². The molecule has 82 valence electrons. The second kappa shape index (κ2) is 3.99. The lowest BCUT2D eigenvalue weighted by molar-refractivity contribution is 0.417. The van der Waals surface area contributed by atoms with E-state index in [9.17, 15) is 9.50 Å². The molecule has 0 heterocycles. The number of rotatable bonds is 3. The van der Waals surface area contributed by atoms with Crippen LogP contribution in [-0.4, -0.2) is 5.11 Å². The minimum Gasteiger partial charge on any atom is -0.505 e. The van der Waals surface area contributed by atoms with Gasteiger partial charge in [-0.2, -0.15) is 0 Å². The summed E-state index contributed by atoms with van der Waals surface area (Å²) in [6.07, 6.45) is 3.14. The van der Waals surface area contributed by atoms with E-state index in [1.165, 1.54) is 18.9 Å². The summed E-state index contributed by atoms with van der Waals surface area (Å²) in [5, 5.41) is 9.78. The molecule has 1 aliphatic carbocycles. The topological polar surface area (TPSA) is 46.2 Å². The first-order valence-corrected chi connectivity index (χ1v) is 5.39. The molecule has 4 heteroatoms. The molecular weight excluding hydrogens is 217 g/mol. The van der Waals surface area contributed by atoms with Gasteiger partial charge in [-0.05, 0) is 24.5 Å². The molecule has 0 amide bonds. The van der Waals surface area contributed by atoms with Gasteiger partial charge in [-0.25, -0.2) is 4.39 Å². The Morgan fingerprint density at radius 2 is 2.20 bits per heavy atom. The van der Waals surface area contributed by atoms with E-state index < -0.39 is 5.82 Å². The number of phenols is 1. The van der Waals surface area contributed by atoms with Gasteiger partial charge in [0.25, 0.3) is 0 Å². The first kappa shape index (κ1) is 10.7. The highest BCUT2D eigenvalue weighted by Crippen LogP contribution is 2.39. The zero-order valence-corrected chi connectivity index (χ0v) is 8.97. The fraction of sp³-hybridized carbons (Fsp3) is 0.455. The first-order chi connectivity index (χ1) is 7.08. The molecule has 0 aliphatic heterocycles. The SMILES string of the molecule is N[C@H](CC1CC1)c1cc(Cl)cc(F)c1O. The van der Waals surface area contributed by atoms with Crippen LogP contribution in [0.2, 0.25) is 5.02 Å². The van der Waals surface area contributed by atoms with Crippen molar-refractivity contribution < 1.29 is 9.50 Å². The average molecular weight is 230 g/mol. The van der Waals surface area contributed by atoms with Crippen LogP contribution >= 0.6 is 11.6 Å². The van der Waals surface area contributed by atoms with Gasteiger partial charge in [0.15, 0.2) is 11.6 Å². The van der Waals surface area contributed by atoms with E-state index in [0.717, 1.165) is 12.5 Å². The van der Waals surface area contributed by atoms with Gasteiger partial charge >= 0.3 is 0 Å². The van der Waals surface area contributed by atoms with Crippen molar-refractivity contribution >= 4 is 11.6 Å². The molecule has 0 unspecified atom stereocenters. The van der Waals surface area contributed by atoms with Gasteiger partial charge in [0.1, 0.15) is 0 Å². The molecule has 2 rings (SSSR count). The Bertz CT molecular complexity index is 379. The molecule has 0 saturated heterocycles. The first-order valence-electron chi connectivity index (χ1n) is 5.01. The quantitative estimate of drug-likeness (QED) is 0.837. The van der Waals surface area contributed by atoms with Crippen molar-refractivity contribution in [2.75, 3.05) is 0 Å². The Labute approximate surface area is 92.9 Å². The zero-order chi connectivity index (χ0) is 11.0. The van der Waals surface area contributed by atoms with Crippen molar-refractivity contribution in [1.82, 2.24) is 0 Å². The van der Waals surface area contributed by atoms with Gasteiger partial charge < -0.3 is 10.8 Å². The van der Waals surface area contributed by atoms with Crippen LogP contribution in [-0.2, 0) is 0 Å². The number of benzene rings is 1. The Hall–Kier alpha value is -0.800. The van der Waals surface area contributed by atoms with Gasteiger partial charge in [-0.15, -0.1) is 0 Å². The van der Waals surface area contributed by atoms with Gasteiger partial charge in [0.2, 0.25) is 0 Å². The van der Waals surface area contributed by atoms with Crippen LogP contribution in [0.25, 0.3) is 0 Å². The van der Waals surface area contributed by atoms with Crippen molar-refractivity contribution in [3.05, 3.63) is 28.5 Å². The van der Waals surface area contributed by atoms with Crippen molar-refractivity contribution in [1.29, 1.82) is 0 Å². The number of phenolic OH excluding ortho intramolecular Hbond substituents is 1. The Balaban J connectivity index is 2.24. The van der Waals surface area contributed by atoms with Crippen LogP contribution in [0, 0.1) is 11.7 Å². The summed E-state index contributed by atoms with van der Waals surface area (Å²) < 4.78 is 13.2. The second-order valence-corrected chi connectivity index (χ2v) is 4.55. The maximum Gasteiger partial charge on any atom is 0.166 e. The lowest BCUT2D eigenvalue weighted by atomic mass is 10.0. The molecule has 1 atom stereocenters. The molecule has 1 saturated carbocycles. The predicted octanol–water partition coefficient (Wildman–Crippen LogP) is 2.98. The van der Waals surface area contributed by atoms with Gasteiger partial charge in [-0.1, -0.05) is 24.4 Å². The highest BCUT2D eigenvalue weighted by molar-refractivity contribution is 6.30. The van der Waals surface area contributed by atoms with E-state index in [-0.39, 0.29) is 16.8 Å². The highest BCUT2D eigenvalue weighted by Gasteiger charge is 2.26. The normalized spacial score (nSPS) is 17.8. The number of hydrogen-bond donors (Lipinski definition) is 2. The van der Waals surface area contributed by atoms with Crippen LogP contribution in [0.3, 0.4) is 0 Å². The summed E-state index contributed by atoms with van der Waals surface area (Å²) in [4.78, 5) is 0. The van der Waals surface area contributed by atoms with Gasteiger partial charge in [0, 0.05) is 16.6 Å². The summed E-state index contributed by atoms with van der Waals surface area (Å²) in [6, 6.07) is 2.29. The maximum atomic E-state index is 13.2. The van der Waals surface area contributed by atoms with Crippen LogP contribution < -0.4 is 5.73 Å². The van der Waals surface area contributed by atoms with E-state index in [4.69, 9.17) is 17.3 Å². The molecule has 0 radical (unpaired) electrons. The molecular formula is C11H13ClFNO. The van der Waals surface area contributed by atoms with Crippen LogP contribution in [0.4, 0.5) is 4.39 Å². The van der Waals surface area contributed by atoms with Crippen molar-refractivity contribution in [2.45, 2.75) is 25.3 Å².